The van der Waals surface area contributed by atoms with E-state index in [1.165, 1.54) is 0 Å². The van der Waals surface area contributed by atoms with E-state index in [1.807, 2.05) is 36.7 Å². The van der Waals surface area contributed by atoms with E-state index in [1.54, 1.807) is 32.8 Å². The Labute approximate surface area is 264 Å². The lowest BCUT2D eigenvalue weighted by atomic mass is 10.0. The van der Waals surface area contributed by atoms with Crippen LogP contribution < -0.4 is 5.56 Å². The summed E-state index contributed by atoms with van der Waals surface area (Å²) in [5, 5.41) is 6.10. The highest BCUT2D eigenvalue weighted by molar-refractivity contribution is 7.19. The van der Waals surface area contributed by atoms with Crippen LogP contribution in [0.2, 0.25) is 48.8 Å². The average molecular weight is 653 g/mol. The lowest BCUT2D eigenvalue weighted by molar-refractivity contribution is 0.0786. The molecule has 0 fully saturated rings. The zero-order valence-electron chi connectivity index (χ0n) is 26.3. The van der Waals surface area contributed by atoms with Crippen molar-refractivity contribution in [2.75, 3.05) is 6.61 Å². The zero-order chi connectivity index (χ0) is 31.2. The fourth-order valence-electron chi connectivity index (χ4n) is 4.62. The van der Waals surface area contributed by atoms with Gasteiger partial charge in [0.1, 0.15) is 6.73 Å². The van der Waals surface area contributed by atoms with E-state index in [-0.39, 0.29) is 10.6 Å². The molecule has 0 aliphatic carbocycles. The Hall–Kier alpha value is -2.61. The van der Waals surface area contributed by atoms with Crippen LogP contribution >= 0.6 is 22.9 Å². The summed E-state index contributed by atoms with van der Waals surface area (Å²) in [5.41, 5.74) is 4.05. The molecule has 0 spiro atoms. The Kier molecular flexibility index (Phi) is 8.92. The summed E-state index contributed by atoms with van der Waals surface area (Å²) in [4.78, 5) is 19.3. The minimum Gasteiger partial charge on any atom is -0.412 e. The molecule has 7 nitrogen and oxygen atoms in total. The molecule has 0 aliphatic rings. The van der Waals surface area contributed by atoms with Gasteiger partial charge < -0.3 is 9.16 Å². The Bertz CT molecular complexity index is 1830. The fraction of sp³-hybridized carbons (Fsp3) is 0.406. The minimum absolute atomic E-state index is 0.129. The summed E-state index contributed by atoms with van der Waals surface area (Å²) in [6.45, 7) is 19.9. The SMILES string of the molecule is CC(C)(C)[Si](C)(C)OCc1cc2nccc(-c3cc(Cl)cc4ccc(=O)n(-c5cnn(COCC[Si](C)(C)C)c5)c34)c2s1. The van der Waals surface area contributed by atoms with E-state index in [0.29, 0.717) is 30.7 Å². The van der Waals surface area contributed by atoms with E-state index < -0.39 is 16.4 Å². The molecule has 1 aromatic carbocycles. The third kappa shape index (κ3) is 7.05. The Morgan fingerprint density at radius 1 is 1.02 bits per heavy atom. The molecule has 0 bridgehead atoms. The number of halogens is 1. The number of aromatic nitrogens is 4. The number of rotatable bonds is 10. The summed E-state index contributed by atoms with van der Waals surface area (Å²) in [7, 11) is -3.09. The highest BCUT2D eigenvalue weighted by Gasteiger charge is 2.37. The number of hydrogen-bond acceptors (Lipinski definition) is 6. The number of pyridine rings is 2. The molecule has 0 atom stereocenters. The molecular formula is C32H41ClN4O3SSi2. The van der Waals surface area contributed by atoms with Gasteiger partial charge in [-0.25, -0.2) is 4.68 Å². The van der Waals surface area contributed by atoms with Crippen LogP contribution in [-0.2, 0) is 22.5 Å². The van der Waals surface area contributed by atoms with Crippen LogP contribution in [0, 0.1) is 0 Å². The number of benzene rings is 1. The summed E-state index contributed by atoms with van der Waals surface area (Å²) < 4.78 is 16.9. The molecule has 0 saturated carbocycles. The van der Waals surface area contributed by atoms with Crippen molar-refractivity contribution < 1.29 is 9.16 Å². The predicted molar refractivity (Wildman–Crippen MR) is 185 cm³/mol. The minimum atomic E-state index is -1.91. The summed E-state index contributed by atoms with van der Waals surface area (Å²) in [5.74, 6) is 0. The quantitative estimate of drug-likeness (QED) is 0.111. The van der Waals surface area contributed by atoms with Gasteiger partial charge in [-0.05, 0) is 54.5 Å². The van der Waals surface area contributed by atoms with Gasteiger partial charge in [0.05, 0.1) is 40.4 Å². The molecule has 5 aromatic rings. The second kappa shape index (κ2) is 12.1. The van der Waals surface area contributed by atoms with Crippen molar-refractivity contribution >= 4 is 60.4 Å². The molecule has 4 aromatic heterocycles. The van der Waals surface area contributed by atoms with Crippen LogP contribution in [0.15, 0.2) is 59.8 Å². The monoisotopic (exact) mass is 652 g/mol. The molecule has 4 heterocycles. The average Bonchev–Trinajstić information content (AvgIpc) is 3.55. The molecule has 0 radical (unpaired) electrons. The van der Waals surface area contributed by atoms with E-state index in [2.05, 4.69) is 69.7 Å². The summed E-state index contributed by atoms with van der Waals surface area (Å²) >= 11 is 8.35. The topological polar surface area (TPSA) is 71.2 Å². The van der Waals surface area contributed by atoms with Crippen LogP contribution in [0.4, 0.5) is 0 Å². The number of ether oxygens (including phenoxy) is 1. The molecular weight excluding hydrogens is 612 g/mol. The van der Waals surface area contributed by atoms with E-state index in [9.17, 15) is 4.79 Å². The largest absolute Gasteiger partial charge is 0.412 e. The van der Waals surface area contributed by atoms with Gasteiger partial charge in [-0.1, -0.05) is 52.0 Å². The molecule has 0 saturated heterocycles. The zero-order valence-corrected chi connectivity index (χ0v) is 29.9. The van der Waals surface area contributed by atoms with Crippen molar-refractivity contribution in [1.82, 2.24) is 19.3 Å². The molecule has 43 heavy (non-hydrogen) atoms. The first-order chi connectivity index (χ1) is 20.1. The molecule has 0 N–H and O–H groups in total. The van der Waals surface area contributed by atoms with Gasteiger partial charge in [0, 0.05) is 53.4 Å². The summed E-state index contributed by atoms with van der Waals surface area (Å²) in [6, 6.07) is 12.4. The highest BCUT2D eigenvalue weighted by atomic mass is 35.5. The number of nitrogens with zero attached hydrogens (tertiary/aromatic N) is 4. The normalized spacial score (nSPS) is 13.0. The first-order valence-electron chi connectivity index (χ1n) is 14.6. The van der Waals surface area contributed by atoms with Crippen molar-refractivity contribution in [3.63, 3.8) is 0 Å². The van der Waals surface area contributed by atoms with Crippen molar-refractivity contribution in [3.05, 3.63) is 75.2 Å². The van der Waals surface area contributed by atoms with Crippen molar-refractivity contribution in [1.29, 1.82) is 0 Å². The van der Waals surface area contributed by atoms with Gasteiger partial charge >= 0.3 is 0 Å². The lowest BCUT2D eigenvalue weighted by Gasteiger charge is -2.35. The third-order valence-corrected chi connectivity index (χ3v) is 15.7. The Morgan fingerprint density at radius 3 is 2.51 bits per heavy atom. The lowest BCUT2D eigenvalue weighted by Crippen LogP contribution is -2.40. The molecule has 0 amide bonds. The molecule has 0 unspecified atom stereocenters. The van der Waals surface area contributed by atoms with Crippen LogP contribution in [0.3, 0.4) is 0 Å². The van der Waals surface area contributed by atoms with Crippen molar-refractivity contribution in [2.45, 2.75) is 77.9 Å². The van der Waals surface area contributed by atoms with Gasteiger partial charge in [0.2, 0.25) is 0 Å². The smallest absolute Gasteiger partial charge is 0.255 e. The first-order valence-corrected chi connectivity index (χ1v) is 22.4. The summed E-state index contributed by atoms with van der Waals surface area (Å²) in [6.07, 6.45) is 5.39. The third-order valence-electron chi connectivity index (χ3n) is 8.19. The number of thiophene rings is 1. The maximum Gasteiger partial charge on any atom is 0.255 e. The van der Waals surface area contributed by atoms with Crippen LogP contribution in [0.1, 0.15) is 25.6 Å². The van der Waals surface area contributed by atoms with Gasteiger partial charge in [-0.2, -0.15) is 5.10 Å². The molecule has 11 heteroatoms. The number of hydrogen-bond donors (Lipinski definition) is 0. The molecule has 5 rings (SSSR count). The van der Waals surface area contributed by atoms with Crippen LogP contribution in [0.5, 0.6) is 0 Å². The second-order valence-electron chi connectivity index (χ2n) is 13.8. The Morgan fingerprint density at radius 2 is 1.79 bits per heavy atom. The fourth-order valence-corrected chi connectivity index (χ4v) is 7.71. The van der Waals surface area contributed by atoms with Gasteiger partial charge in [-0.3, -0.25) is 14.3 Å². The maximum absolute atomic E-state index is 13.5. The van der Waals surface area contributed by atoms with Crippen LogP contribution in [-0.4, -0.2) is 42.3 Å². The van der Waals surface area contributed by atoms with Gasteiger partial charge in [-0.15, -0.1) is 11.3 Å². The highest BCUT2D eigenvalue weighted by Crippen LogP contribution is 2.41. The van der Waals surface area contributed by atoms with Gasteiger partial charge in [0.25, 0.3) is 5.56 Å². The van der Waals surface area contributed by atoms with Crippen molar-refractivity contribution in [2.24, 2.45) is 0 Å². The molecule has 0 aliphatic heterocycles. The van der Waals surface area contributed by atoms with Crippen LogP contribution in [0.25, 0.3) is 37.9 Å². The standard InChI is InChI=1S/C32H41ClN4O3SSi2/c1-32(2,3)43(7,8)40-20-25-17-28-31(41-25)26(11-12-34-28)27-16-23(33)15-22-9-10-29(38)37(30(22)27)24-18-35-36(19-24)21-39-13-14-42(4,5)6/h9-12,15-19H,13-14,20-21H2,1-8H3. The Balaban J connectivity index is 1.56. The number of fused-ring (bicyclic) bond motifs is 2. The van der Waals surface area contributed by atoms with E-state index in [0.717, 1.165) is 43.2 Å². The molecule has 228 valence electrons. The van der Waals surface area contributed by atoms with E-state index in [4.69, 9.17) is 20.8 Å². The van der Waals surface area contributed by atoms with E-state index >= 15 is 0 Å². The van der Waals surface area contributed by atoms with Gasteiger partial charge in [0.15, 0.2) is 8.32 Å². The predicted octanol–water partition coefficient (Wildman–Crippen LogP) is 8.95. The van der Waals surface area contributed by atoms with Crippen molar-refractivity contribution in [3.8, 4) is 16.8 Å². The second-order valence-corrected chi connectivity index (χ2v) is 25.8. The maximum atomic E-state index is 13.5. The first kappa shape index (κ1) is 31.8.